The smallest absolute Gasteiger partial charge is 0.309 e. The van der Waals surface area contributed by atoms with Crippen LogP contribution in [0.1, 0.15) is 24.2 Å². The number of hydrogen-bond acceptors (Lipinski definition) is 4. The van der Waals surface area contributed by atoms with Crippen molar-refractivity contribution in [2.75, 3.05) is 19.7 Å². The number of rotatable bonds is 3. The van der Waals surface area contributed by atoms with Crippen molar-refractivity contribution >= 4 is 22.6 Å². The molecular formula is C22H24N2O4. The molecule has 1 aromatic carbocycles. The summed E-state index contributed by atoms with van der Waals surface area (Å²) >= 11 is 0. The number of carbonyl (C=O) groups is 2. The molecule has 6 heteroatoms. The average molecular weight is 380 g/mol. The van der Waals surface area contributed by atoms with E-state index in [0.29, 0.717) is 36.0 Å². The number of amides is 1. The Balaban J connectivity index is 1.63. The van der Waals surface area contributed by atoms with E-state index < -0.39 is 0 Å². The summed E-state index contributed by atoms with van der Waals surface area (Å²) in [5.74, 6) is -0.256. The first-order valence-corrected chi connectivity index (χ1v) is 9.76. The summed E-state index contributed by atoms with van der Waals surface area (Å²) in [4.78, 5) is 42.3. The number of esters is 1. The zero-order valence-electron chi connectivity index (χ0n) is 16.1. The lowest BCUT2D eigenvalue weighted by atomic mass is 9.72. The molecule has 1 aliphatic heterocycles. The molecule has 0 radical (unpaired) electrons. The predicted molar refractivity (Wildman–Crippen MR) is 106 cm³/mol. The number of nitrogens with one attached hydrogen (secondary N) is 1. The minimum absolute atomic E-state index is 0.0528. The van der Waals surface area contributed by atoms with Crippen LogP contribution in [0.4, 0.5) is 0 Å². The van der Waals surface area contributed by atoms with Gasteiger partial charge in [0.2, 0.25) is 0 Å². The Kier molecular flexibility index (Phi) is 4.79. The van der Waals surface area contributed by atoms with Gasteiger partial charge in [0, 0.05) is 30.1 Å². The van der Waals surface area contributed by atoms with E-state index >= 15 is 0 Å². The van der Waals surface area contributed by atoms with Gasteiger partial charge in [-0.2, -0.15) is 0 Å². The summed E-state index contributed by atoms with van der Waals surface area (Å²) in [6.45, 7) is 5.26. The number of ether oxygens (including phenoxy) is 1. The summed E-state index contributed by atoms with van der Waals surface area (Å²) in [5.41, 5.74) is 0.278. The van der Waals surface area contributed by atoms with Crippen LogP contribution in [0.25, 0.3) is 10.8 Å². The highest BCUT2D eigenvalue weighted by Gasteiger charge is 2.46. The summed E-state index contributed by atoms with van der Waals surface area (Å²) in [6.07, 6.45) is 5.69. The maximum absolute atomic E-state index is 13.3. The van der Waals surface area contributed by atoms with Gasteiger partial charge in [0.15, 0.2) is 0 Å². The normalized spacial score (nSPS) is 26.3. The lowest BCUT2D eigenvalue weighted by molar-refractivity contribution is -0.152. The monoisotopic (exact) mass is 380 g/mol. The number of pyridine rings is 1. The van der Waals surface area contributed by atoms with Crippen molar-refractivity contribution in [1.29, 1.82) is 0 Å². The molecule has 4 atom stereocenters. The number of carbonyl (C=O) groups excluding carboxylic acids is 2. The Labute approximate surface area is 163 Å². The molecule has 6 nitrogen and oxygen atoms in total. The molecule has 1 aliphatic carbocycles. The molecule has 146 valence electrons. The Morgan fingerprint density at radius 3 is 2.68 bits per heavy atom. The van der Waals surface area contributed by atoms with Crippen molar-refractivity contribution in [3.63, 3.8) is 0 Å². The fraction of sp³-hybridized carbons (Fsp3) is 0.409. The third-order valence-electron chi connectivity index (χ3n) is 5.99. The quantitative estimate of drug-likeness (QED) is 0.656. The number of fused-ring (bicyclic) bond motifs is 2. The van der Waals surface area contributed by atoms with Gasteiger partial charge in [0.25, 0.3) is 11.5 Å². The summed E-state index contributed by atoms with van der Waals surface area (Å²) in [7, 11) is 0. The van der Waals surface area contributed by atoms with Gasteiger partial charge in [-0.05, 0) is 30.7 Å². The minimum Gasteiger partial charge on any atom is -0.466 e. The molecule has 1 aromatic heterocycles. The number of hydrogen-bond donors (Lipinski definition) is 1. The van der Waals surface area contributed by atoms with Crippen molar-refractivity contribution in [3.8, 4) is 0 Å². The van der Waals surface area contributed by atoms with Crippen LogP contribution in [-0.4, -0.2) is 41.5 Å². The van der Waals surface area contributed by atoms with Gasteiger partial charge in [-0.25, -0.2) is 0 Å². The Bertz CT molecular complexity index is 1010. The maximum atomic E-state index is 13.3. The third kappa shape index (κ3) is 3.03. The molecule has 0 spiro atoms. The maximum Gasteiger partial charge on any atom is 0.309 e. The second-order valence-electron chi connectivity index (χ2n) is 7.64. The van der Waals surface area contributed by atoms with Crippen molar-refractivity contribution in [3.05, 3.63) is 58.5 Å². The van der Waals surface area contributed by atoms with E-state index in [-0.39, 0.29) is 41.1 Å². The van der Waals surface area contributed by atoms with Gasteiger partial charge in [-0.15, -0.1) is 0 Å². The predicted octanol–water partition coefficient (Wildman–Crippen LogP) is 2.60. The third-order valence-corrected chi connectivity index (χ3v) is 5.99. The van der Waals surface area contributed by atoms with E-state index in [4.69, 9.17) is 4.74 Å². The van der Waals surface area contributed by atoms with E-state index in [0.717, 1.165) is 0 Å². The van der Waals surface area contributed by atoms with Crippen LogP contribution in [0.3, 0.4) is 0 Å². The van der Waals surface area contributed by atoms with E-state index in [1.54, 1.807) is 23.1 Å². The van der Waals surface area contributed by atoms with Crippen molar-refractivity contribution in [1.82, 2.24) is 9.88 Å². The lowest BCUT2D eigenvalue weighted by Gasteiger charge is -2.31. The van der Waals surface area contributed by atoms with Crippen LogP contribution in [-0.2, 0) is 9.53 Å². The fourth-order valence-electron chi connectivity index (χ4n) is 4.62. The minimum atomic E-state index is -0.236. The first kappa shape index (κ1) is 18.5. The Hall–Kier alpha value is -2.89. The number of nitrogens with zero attached hydrogens (tertiary/aromatic N) is 1. The molecule has 2 aliphatic rings. The molecule has 2 heterocycles. The first-order valence-electron chi connectivity index (χ1n) is 9.76. The number of likely N-dealkylation sites (tertiary alicyclic amines) is 1. The van der Waals surface area contributed by atoms with Gasteiger partial charge >= 0.3 is 5.97 Å². The SMILES string of the molecule is CCOC(=O)[C@@H]1[C@H]2CN(C(=O)c3c[nH]c(=O)c4ccccc34)C[C@@H]2C=C[C@@H]1C. The zero-order valence-corrected chi connectivity index (χ0v) is 16.1. The first-order chi connectivity index (χ1) is 13.5. The van der Waals surface area contributed by atoms with E-state index in [9.17, 15) is 14.4 Å². The van der Waals surface area contributed by atoms with E-state index in [1.807, 2.05) is 19.9 Å². The van der Waals surface area contributed by atoms with Gasteiger partial charge < -0.3 is 14.6 Å². The topological polar surface area (TPSA) is 79.5 Å². The van der Waals surface area contributed by atoms with E-state index in [2.05, 4.69) is 17.1 Å². The summed E-state index contributed by atoms with van der Waals surface area (Å²) in [6, 6.07) is 7.12. The second kappa shape index (κ2) is 7.26. The van der Waals surface area contributed by atoms with Crippen molar-refractivity contribution < 1.29 is 14.3 Å². The number of aromatic nitrogens is 1. The van der Waals surface area contributed by atoms with Crippen molar-refractivity contribution in [2.24, 2.45) is 23.7 Å². The van der Waals surface area contributed by atoms with Gasteiger partial charge in [0.05, 0.1) is 18.1 Å². The average Bonchev–Trinajstić information content (AvgIpc) is 3.12. The molecule has 28 heavy (non-hydrogen) atoms. The molecule has 2 aromatic rings. The molecule has 0 saturated carbocycles. The Morgan fingerprint density at radius 1 is 1.18 bits per heavy atom. The van der Waals surface area contributed by atoms with E-state index in [1.165, 1.54) is 6.20 Å². The van der Waals surface area contributed by atoms with Crippen LogP contribution in [0.2, 0.25) is 0 Å². The number of H-pyrrole nitrogens is 1. The second-order valence-corrected chi connectivity index (χ2v) is 7.64. The summed E-state index contributed by atoms with van der Waals surface area (Å²) in [5, 5.41) is 1.15. The number of allylic oxidation sites excluding steroid dienone is 1. The van der Waals surface area contributed by atoms with Crippen LogP contribution in [0.15, 0.2) is 47.4 Å². The highest BCUT2D eigenvalue weighted by molar-refractivity contribution is 6.06. The molecule has 0 bridgehead atoms. The highest BCUT2D eigenvalue weighted by Crippen LogP contribution is 2.40. The van der Waals surface area contributed by atoms with Crippen LogP contribution in [0, 0.1) is 23.7 Å². The Morgan fingerprint density at radius 2 is 1.93 bits per heavy atom. The van der Waals surface area contributed by atoms with Crippen LogP contribution in [0.5, 0.6) is 0 Å². The molecule has 1 fully saturated rings. The molecule has 1 N–H and O–H groups in total. The molecule has 1 amide bonds. The van der Waals surface area contributed by atoms with Gasteiger partial charge in [-0.3, -0.25) is 14.4 Å². The lowest BCUT2D eigenvalue weighted by Crippen LogP contribution is -2.37. The fourth-order valence-corrected chi connectivity index (χ4v) is 4.62. The number of aromatic amines is 1. The van der Waals surface area contributed by atoms with Crippen LogP contribution >= 0.6 is 0 Å². The summed E-state index contributed by atoms with van der Waals surface area (Å²) < 4.78 is 5.30. The van der Waals surface area contributed by atoms with Crippen molar-refractivity contribution in [2.45, 2.75) is 13.8 Å². The standard InChI is InChI=1S/C22H24N2O4/c1-3-28-22(27)19-13(2)8-9-14-11-24(12-18(14)19)21(26)17-10-23-20(25)16-7-5-4-6-15(16)17/h4-10,13-14,18-19H,3,11-12H2,1-2H3,(H,23,25)/t13-,14-,18-,19-/m0/s1. The zero-order chi connectivity index (χ0) is 19.8. The highest BCUT2D eigenvalue weighted by atomic mass is 16.5. The number of benzene rings is 1. The van der Waals surface area contributed by atoms with Gasteiger partial charge in [-0.1, -0.05) is 37.3 Å². The molecule has 0 unspecified atom stereocenters. The molecule has 1 saturated heterocycles. The van der Waals surface area contributed by atoms with Gasteiger partial charge in [0.1, 0.15) is 0 Å². The largest absolute Gasteiger partial charge is 0.466 e. The molecule has 4 rings (SSSR count). The van der Waals surface area contributed by atoms with Crippen LogP contribution < -0.4 is 5.56 Å². The molecular weight excluding hydrogens is 356 g/mol.